The molecule has 19 aliphatic carbocycles. The van der Waals surface area contributed by atoms with Gasteiger partial charge in [0.25, 0.3) is 0 Å². The van der Waals surface area contributed by atoms with Crippen LogP contribution in [-0.4, -0.2) is 0 Å². The summed E-state index contributed by atoms with van der Waals surface area (Å²) in [5.74, 6) is 16.3. The standard InChI is InChI=1S/C11H20.C10H16.2C10H18.2C7H12.C5H10.C4H8/c1-4-10-6-2-7-11(5-1)9-3-8-10;1-7-2-9-4-8(1)5-10(3-7)6-9;1-2-6-10-8-4-3-7-9(10)5-1;1-2-4-10-7-5-9(3-1)6-8-10;1-2-6-4-7(3-1)5-6;1-2-4-7-5-6(7)3-1;1-2-4-5-3-1;1-2-4-3-1/h10-11H,1-9H2;7-10H,1-6H2;2*9-10H,1-8H2;2*6-7H,1-5H2;1-5H2;1-4H2. The molecule has 64 heavy (non-hydrogen) atoms. The van der Waals surface area contributed by atoms with E-state index in [0.29, 0.717) is 0 Å². The van der Waals surface area contributed by atoms with Gasteiger partial charge in [-0.25, -0.2) is 0 Å². The Kier molecular flexibility index (Phi) is 22.5. The topological polar surface area (TPSA) is 0 Å². The first-order chi connectivity index (χ1) is 31.7. The Morgan fingerprint density at radius 3 is 0.562 bits per heavy atom. The van der Waals surface area contributed by atoms with Crippen LogP contribution in [0.25, 0.3) is 0 Å². The zero-order valence-corrected chi connectivity index (χ0v) is 43.4. The van der Waals surface area contributed by atoms with Gasteiger partial charge in [0.15, 0.2) is 0 Å². The molecule has 0 spiro atoms. The largest absolute Gasteiger partial charge is 0.0533 e. The second kappa shape index (κ2) is 28.6. The first kappa shape index (κ1) is 50.4. The van der Waals surface area contributed by atoms with Gasteiger partial charge < -0.3 is 0 Å². The summed E-state index contributed by atoms with van der Waals surface area (Å²) in [5, 5.41) is 0. The zero-order valence-electron chi connectivity index (χ0n) is 43.4. The van der Waals surface area contributed by atoms with Crippen molar-refractivity contribution in [3.8, 4) is 0 Å². The molecule has 0 N–H and O–H groups in total. The molecule has 2 unspecified atom stereocenters. The van der Waals surface area contributed by atoms with E-state index in [0.717, 1.165) is 35.5 Å². The lowest BCUT2D eigenvalue weighted by Gasteiger charge is -2.49. The van der Waals surface area contributed by atoms with Crippen LogP contribution in [0.3, 0.4) is 0 Å². The van der Waals surface area contributed by atoms with E-state index in [2.05, 4.69) is 0 Å². The highest BCUT2D eigenvalue weighted by Gasteiger charge is 2.42. The van der Waals surface area contributed by atoms with Gasteiger partial charge in [-0.1, -0.05) is 263 Å². The monoisotopic (exact) mass is 883 g/mol. The smallest absolute Gasteiger partial charge is 0.0383 e. The van der Waals surface area contributed by atoms with Gasteiger partial charge >= 0.3 is 0 Å². The van der Waals surface area contributed by atoms with Gasteiger partial charge in [0.1, 0.15) is 0 Å². The maximum atomic E-state index is 1.60. The first-order valence-corrected chi connectivity index (χ1v) is 31.7. The molecule has 0 heterocycles. The molecule has 19 aliphatic rings. The molecule has 0 saturated heterocycles. The van der Waals surface area contributed by atoms with Crippen molar-refractivity contribution in [3.05, 3.63) is 0 Å². The van der Waals surface area contributed by atoms with Crippen molar-refractivity contribution in [1.29, 1.82) is 0 Å². The van der Waals surface area contributed by atoms with Crippen LogP contribution in [0.4, 0.5) is 0 Å². The molecule has 19 saturated carbocycles. The Hall–Kier alpha value is 0. The summed E-state index contributed by atoms with van der Waals surface area (Å²) in [6.07, 6.45) is 77.4. The third-order valence-electron chi connectivity index (χ3n) is 21.9. The van der Waals surface area contributed by atoms with E-state index < -0.39 is 0 Å². The predicted molar refractivity (Wildman–Crippen MR) is 280 cm³/mol. The molecule has 0 aliphatic heterocycles. The normalized spacial score (nSPS) is 42.4. The number of fused-ring (bicyclic) bond motifs is 15. The highest BCUT2D eigenvalue weighted by molar-refractivity contribution is 4.93. The van der Waals surface area contributed by atoms with E-state index in [1.54, 1.807) is 186 Å². The summed E-state index contributed by atoms with van der Waals surface area (Å²) in [6, 6.07) is 0. The van der Waals surface area contributed by atoms with E-state index in [1.165, 1.54) is 182 Å². The molecule has 0 aromatic heterocycles. The van der Waals surface area contributed by atoms with Crippen molar-refractivity contribution in [3.63, 3.8) is 0 Å². The van der Waals surface area contributed by atoms with Gasteiger partial charge in [-0.3, -0.25) is 0 Å². The van der Waals surface area contributed by atoms with Crippen molar-refractivity contribution >= 4 is 0 Å². The maximum Gasteiger partial charge on any atom is -0.0383 e. The number of rotatable bonds is 0. The first-order valence-electron chi connectivity index (χ1n) is 31.7. The minimum Gasteiger partial charge on any atom is -0.0533 e. The molecular weight excluding hydrogens is 769 g/mol. The van der Waals surface area contributed by atoms with E-state index >= 15 is 0 Å². The predicted octanol–water partition coefficient (Wildman–Crippen LogP) is 21.2. The van der Waals surface area contributed by atoms with Gasteiger partial charge in [0.05, 0.1) is 0 Å². The minimum absolute atomic E-state index is 1.12. The summed E-state index contributed by atoms with van der Waals surface area (Å²) in [6.45, 7) is 0. The van der Waals surface area contributed by atoms with E-state index in [1.807, 2.05) is 0 Å². The summed E-state index contributed by atoms with van der Waals surface area (Å²) in [5.41, 5.74) is 0. The second-order valence-corrected chi connectivity index (χ2v) is 27.0. The SMILES string of the molecule is C1C2CC3CC1CC(C2)C3.C1CC2CC(C1)C2.C1CC2CCCC(C1)CCC2.C1CCC1.C1CCC2CC2C1.C1CCC2CCC(C1)CC2.C1CCC2CCCCC2C1.C1CCCC1. The lowest BCUT2D eigenvalue weighted by molar-refractivity contribution is 0.0198. The fourth-order valence-electron chi connectivity index (χ4n) is 17.5. The van der Waals surface area contributed by atoms with Crippen molar-refractivity contribution in [1.82, 2.24) is 0 Å². The second-order valence-electron chi connectivity index (χ2n) is 27.0. The summed E-state index contributed by atoms with van der Waals surface area (Å²) in [7, 11) is 0. The van der Waals surface area contributed by atoms with Crippen LogP contribution in [0.1, 0.15) is 321 Å². The third kappa shape index (κ3) is 18.1. The van der Waals surface area contributed by atoms with E-state index in [4.69, 9.17) is 0 Å². The van der Waals surface area contributed by atoms with Crippen LogP contribution < -0.4 is 0 Å². The zero-order chi connectivity index (χ0) is 43.4. The molecule has 0 heteroatoms. The van der Waals surface area contributed by atoms with Crippen molar-refractivity contribution in [2.75, 3.05) is 0 Å². The van der Waals surface area contributed by atoms with Crippen molar-refractivity contribution in [2.45, 2.75) is 321 Å². The molecule has 0 aromatic carbocycles. The fraction of sp³-hybridized carbons (Fsp3) is 1.00. The van der Waals surface area contributed by atoms with Gasteiger partial charge in [-0.05, 0) is 141 Å². The van der Waals surface area contributed by atoms with Crippen LogP contribution in [0.2, 0.25) is 0 Å². The molecule has 10 bridgehead atoms. The number of hydrogen-bond acceptors (Lipinski definition) is 0. The Labute approximate surface area is 402 Å². The molecule has 0 aromatic rings. The molecule has 0 radical (unpaired) electrons. The maximum absolute atomic E-state index is 1.60. The molecule has 370 valence electrons. The minimum atomic E-state index is 1.12. The summed E-state index contributed by atoms with van der Waals surface area (Å²) in [4.78, 5) is 0. The van der Waals surface area contributed by atoms with Crippen molar-refractivity contribution < 1.29 is 0 Å². The van der Waals surface area contributed by atoms with Gasteiger partial charge in [0.2, 0.25) is 0 Å². The Morgan fingerprint density at radius 2 is 0.312 bits per heavy atom. The molecule has 0 amide bonds. The number of hydrogen-bond donors (Lipinski definition) is 0. The average Bonchev–Trinajstić information content (AvgIpc) is 3.79. The van der Waals surface area contributed by atoms with Crippen LogP contribution in [0.5, 0.6) is 0 Å². The van der Waals surface area contributed by atoms with Gasteiger partial charge in [-0.15, -0.1) is 0 Å². The van der Waals surface area contributed by atoms with Gasteiger partial charge in [0, 0.05) is 0 Å². The average molecular weight is 884 g/mol. The molecule has 19 fully saturated rings. The van der Waals surface area contributed by atoms with Crippen LogP contribution >= 0.6 is 0 Å². The van der Waals surface area contributed by atoms with E-state index in [-0.39, 0.29) is 0 Å². The van der Waals surface area contributed by atoms with Crippen molar-refractivity contribution in [2.24, 2.45) is 82.9 Å². The van der Waals surface area contributed by atoms with E-state index in [9.17, 15) is 0 Å². The molecular formula is C64H114. The quantitative estimate of drug-likeness (QED) is 0.227. The highest BCUT2D eigenvalue weighted by Crippen LogP contribution is 2.54. The Bertz CT molecular complexity index is 999. The lowest BCUT2D eigenvalue weighted by Crippen LogP contribution is -2.38. The van der Waals surface area contributed by atoms with Crippen LogP contribution in [-0.2, 0) is 0 Å². The highest BCUT2D eigenvalue weighted by atomic mass is 14.5. The Morgan fingerprint density at radius 1 is 0.109 bits per heavy atom. The van der Waals surface area contributed by atoms with Crippen LogP contribution in [0, 0.1) is 82.9 Å². The summed E-state index contributed by atoms with van der Waals surface area (Å²) < 4.78 is 0. The Balaban J connectivity index is 0.000000102. The third-order valence-corrected chi connectivity index (χ3v) is 21.9. The van der Waals surface area contributed by atoms with Gasteiger partial charge in [-0.2, -0.15) is 0 Å². The summed E-state index contributed by atoms with van der Waals surface area (Å²) >= 11 is 0. The molecule has 2 atom stereocenters. The van der Waals surface area contributed by atoms with Crippen LogP contribution in [0.15, 0.2) is 0 Å². The molecule has 0 nitrogen and oxygen atoms in total. The lowest BCUT2D eigenvalue weighted by atomic mass is 9.56. The molecule has 19 rings (SSSR count). The fourth-order valence-corrected chi connectivity index (χ4v) is 17.5.